The Morgan fingerprint density at radius 2 is 2.10 bits per heavy atom. The number of benzene rings is 2. The molecule has 156 valence electrons. The van der Waals surface area contributed by atoms with E-state index in [4.69, 9.17) is 9.15 Å². The maximum absolute atomic E-state index is 12.5. The summed E-state index contributed by atoms with van der Waals surface area (Å²) in [5.74, 6) is 0.472. The van der Waals surface area contributed by atoms with Crippen molar-refractivity contribution in [2.75, 3.05) is 7.11 Å². The topological polar surface area (TPSA) is 64.4 Å². The molecule has 31 heavy (non-hydrogen) atoms. The molecule has 0 saturated heterocycles. The molecule has 0 bridgehead atoms. The van der Waals surface area contributed by atoms with Crippen molar-refractivity contribution in [3.63, 3.8) is 0 Å². The number of aromatic nitrogens is 1. The van der Waals surface area contributed by atoms with Gasteiger partial charge in [-0.25, -0.2) is 0 Å². The molecule has 0 fully saturated rings. The van der Waals surface area contributed by atoms with Gasteiger partial charge in [-0.2, -0.15) is 0 Å². The van der Waals surface area contributed by atoms with E-state index in [-0.39, 0.29) is 5.91 Å². The highest BCUT2D eigenvalue weighted by atomic mass is 79.9. The van der Waals surface area contributed by atoms with Crippen molar-refractivity contribution in [2.24, 2.45) is 0 Å². The number of hydrogen-bond acceptors (Lipinski definition) is 4. The van der Waals surface area contributed by atoms with E-state index in [1.807, 2.05) is 55.5 Å². The monoisotopic (exact) mass is 476 g/mol. The maximum atomic E-state index is 12.5. The fourth-order valence-electron chi connectivity index (χ4n) is 3.43. The molecule has 1 amide bonds. The molecule has 2 aromatic heterocycles. The SMILES string of the molecule is COc1cc2occ(-c3cccc(Br)c3)c2cc1/C(C)=C/C(=O)NCc1cccnc1. The van der Waals surface area contributed by atoms with Gasteiger partial charge >= 0.3 is 0 Å². The molecular formula is C25H21BrN2O3. The summed E-state index contributed by atoms with van der Waals surface area (Å²) in [6, 6.07) is 15.7. The molecule has 0 aliphatic heterocycles. The van der Waals surface area contributed by atoms with E-state index in [1.54, 1.807) is 31.8 Å². The van der Waals surface area contributed by atoms with Crippen LogP contribution in [-0.4, -0.2) is 18.0 Å². The van der Waals surface area contributed by atoms with E-state index in [0.717, 1.165) is 43.3 Å². The standard InChI is InChI=1S/C25H21BrN2O3/c1-16(9-25(29)28-14-17-5-4-8-27-13-17)20-11-21-22(18-6-3-7-19(26)10-18)15-31-24(21)12-23(20)30-2/h3-13,15H,14H2,1-2H3,(H,28,29)/b16-9+. The number of allylic oxidation sites excluding steroid dienone is 1. The molecule has 4 aromatic rings. The zero-order valence-electron chi connectivity index (χ0n) is 17.2. The maximum Gasteiger partial charge on any atom is 0.244 e. The third-order valence-corrected chi connectivity index (χ3v) is 5.49. The fraction of sp³-hybridized carbons (Fsp3) is 0.120. The summed E-state index contributed by atoms with van der Waals surface area (Å²) in [6.45, 7) is 2.31. The minimum Gasteiger partial charge on any atom is -0.496 e. The van der Waals surface area contributed by atoms with Gasteiger partial charge in [0.2, 0.25) is 5.91 Å². The van der Waals surface area contributed by atoms with Crippen molar-refractivity contribution in [2.45, 2.75) is 13.5 Å². The second-order valence-electron chi connectivity index (χ2n) is 7.11. The summed E-state index contributed by atoms with van der Waals surface area (Å²) in [5.41, 5.74) is 5.32. The number of nitrogens with one attached hydrogen (secondary N) is 1. The number of fused-ring (bicyclic) bond motifs is 1. The highest BCUT2D eigenvalue weighted by molar-refractivity contribution is 9.10. The van der Waals surface area contributed by atoms with Crippen LogP contribution in [0, 0.1) is 0 Å². The smallest absolute Gasteiger partial charge is 0.244 e. The van der Waals surface area contributed by atoms with Crippen LogP contribution in [0.25, 0.3) is 27.7 Å². The third kappa shape index (κ3) is 4.70. The largest absolute Gasteiger partial charge is 0.496 e. The van der Waals surface area contributed by atoms with Crippen LogP contribution >= 0.6 is 15.9 Å². The average molecular weight is 477 g/mol. The van der Waals surface area contributed by atoms with Crippen molar-refractivity contribution in [3.05, 3.63) is 88.9 Å². The molecule has 0 saturated carbocycles. The minimum absolute atomic E-state index is 0.178. The number of furan rings is 1. The van der Waals surface area contributed by atoms with Gasteiger partial charge in [0.1, 0.15) is 11.3 Å². The van der Waals surface area contributed by atoms with Crippen molar-refractivity contribution in [3.8, 4) is 16.9 Å². The Morgan fingerprint density at radius 1 is 1.23 bits per heavy atom. The molecule has 1 N–H and O–H groups in total. The Hall–Kier alpha value is -3.38. The van der Waals surface area contributed by atoms with Gasteiger partial charge in [-0.3, -0.25) is 9.78 Å². The number of methoxy groups -OCH3 is 1. The van der Waals surface area contributed by atoms with Crippen molar-refractivity contribution >= 4 is 38.4 Å². The van der Waals surface area contributed by atoms with Gasteiger partial charge in [0.05, 0.1) is 13.4 Å². The highest BCUT2D eigenvalue weighted by Crippen LogP contribution is 2.37. The predicted octanol–water partition coefficient (Wildman–Crippen LogP) is 5.99. The zero-order valence-corrected chi connectivity index (χ0v) is 18.8. The third-order valence-electron chi connectivity index (χ3n) is 4.99. The molecule has 2 aromatic carbocycles. The van der Waals surface area contributed by atoms with E-state index >= 15 is 0 Å². The Morgan fingerprint density at radius 3 is 2.84 bits per heavy atom. The number of halogens is 1. The van der Waals surface area contributed by atoms with Crippen molar-refractivity contribution in [1.82, 2.24) is 10.3 Å². The van der Waals surface area contributed by atoms with Crippen LogP contribution in [0.4, 0.5) is 0 Å². The number of amides is 1. The van der Waals surface area contributed by atoms with Crippen LogP contribution in [0.2, 0.25) is 0 Å². The van der Waals surface area contributed by atoms with E-state index in [2.05, 4.69) is 26.2 Å². The van der Waals surface area contributed by atoms with E-state index in [0.29, 0.717) is 12.3 Å². The minimum atomic E-state index is -0.178. The number of carbonyl (C=O) groups is 1. The summed E-state index contributed by atoms with van der Waals surface area (Å²) >= 11 is 3.52. The molecular weight excluding hydrogens is 456 g/mol. The Kier molecular flexibility index (Phi) is 6.18. The van der Waals surface area contributed by atoms with Crippen molar-refractivity contribution < 1.29 is 13.9 Å². The lowest BCUT2D eigenvalue weighted by atomic mass is 9.99. The van der Waals surface area contributed by atoms with Crippen LogP contribution in [0.5, 0.6) is 5.75 Å². The zero-order chi connectivity index (χ0) is 21.8. The number of rotatable bonds is 6. The van der Waals surface area contributed by atoms with Gasteiger partial charge in [-0.05, 0) is 47.9 Å². The van der Waals surface area contributed by atoms with Crippen LogP contribution in [0.15, 0.2) is 82.2 Å². The van der Waals surface area contributed by atoms with Crippen LogP contribution < -0.4 is 10.1 Å². The summed E-state index contributed by atoms with van der Waals surface area (Å²) in [7, 11) is 1.61. The second-order valence-corrected chi connectivity index (χ2v) is 8.03. The van der Waals surface area contributed by atoms with Gasteiger partial charge in [-0.1, -0.05) is 34.1 Å². The summed E-state index contributed by atoms with van der Waals surface area (Å²) in [5, 5.41) is 3.85. The number of ether oxygens (including phenoxy) is 1. The number of pyridine rings is 1. The van der Waals surface area contributed by atoms with Crippen LogP contribution in [-0.2, 0) is 11.3 Å². The number of nitrogens with zero attached hydrogens (tertiary/aromatic N) is 1. The number of carbonyl (C=O) groups excluding carboxylic acids is 1. The first-order valence-electron chi connectivity index (χ1n) is 9.75. The Bertz CT molecular complexity index is 1260. The van der Waals surface area contributed by atoms with E-state index in [1.165, 1.54) is 0 Å². The lowest BCUT2D eigenvalue weighted by Crippen LogP contribution is -2.20. The van der Waals surface area contributed by atoms with Crippen LogP contribution in [0.3, 0.4) is 0 Å². The van der Waals surface area contributed by atoms with Crippen LogP contribution in [0.1, 0.15) is 18.1 Å². The molecule has 0 aliphatic carbocycles. The fourth-order valence-corrected chi connectivity index (χ4v) is 3.83. The molecule has 0 atom stereocenters. The first kappa shape index (κ1) is 20.9. The molecule has 6 heteroatoms. The summed E-state index contributed by atoms with van der Waals surface area (Å²) in [4.78, 5) is 16.5. The van der Waals surface area contributed by atoms with Gasteiger partial charge in [0.15, 0.2) is 0 Å². The lowest BCUT2D eigenvalue weighted by Gasteiger charge is -2.10. The normalized spacial score (nSPS) is 11.5. The lowest BCUT2D eigenvalue weighted by molar-refractivity contribution is -0.116. The van der Waals surface area contributed by atoms with E-state index in [9.17, 15) is 4.79 Å². The van der Waals surface area contributed by atoms with E-state index < -0.39 is 0 Å². The van der Waals surface area contributed by atoms with Crippen molar-refractivity contribution in [1.29, 1.82) is 0 Å². The molecule has 0 radical (unpaired) electrons. The Balaban J connectivity index is 1.66. The first-order chi connectivity index (χ1) is 15.0. The average Bonchev–Trinajstić information content (AvgIpc) is 3.20. The molecule has 0 aliphatic rings. The van der Waals surface area contributed by atoms with Gasteiger partial charge in [0, 0.05) is 52.1 Å². The van der Waals surface area contributed by atoms with Gasteiger partial charge < -0.3 is 14.5 Å². The summed E-state index contributed by atoms with van der Waals surface area (Å²) < 4.78 is 12.4. The van der Waals surface area contributed by atoms with Gasteiger partial charge in [-0.15, -0.1) is 0 Å². The van der Waals surface area contributed by atoms with Gasteiger partial charge in [0.25, 0.3) is 0 Å². The molecule has 4 rings (SSSR count). The molecule has 2 heterocycles. The molecule has 0 spiro atoms. The summed E-state index contributed by atoms with van der Waals surface area (Å²) in [6.07, 6.45) is 6.76. The number of hydrogen-bond donors (Lipinski definition) is 1. The Labute approximate surface area is 188 Å². The first-order valence-corrected chi connectivity index (χ1v) is 10.5. The molecule has 0 unspecified atom stereocenters. The highest BCUT2D eigenvalue weighted by Gasteiger charge is 2.15. The molecule has 5 nitrogen and oxygen atoms in total. The second kappa shape index (κ2) is 9.18. The quantitative estimate of drug-likeness (QED) is 0.347. The predicted molar refractivity (Wildman–Crippen MR) is 126 cm³/mol.